The van der Waals surface area contributed by atoms with Gasteiger partial charge in [-0.15, -0.1) is 0 Å². The van der Waals surface area contributed by atoms with Gasteiger partial charge < -0.3 is 9.84 Å². The number of nitriles is 1. The molecule has 1 saturated heterocycles. The Balaban J connectivity index is 1.97. The lowest BCUT2D eigenvalue weighted by Gasteiger charge is -2.40. The average molecular weight is 251 g/mol. The van der Waals surface area contributed by atoms with E-state index < -0.39 is 11.5 Å². The Labute approximate surface area is 110 Å². The third-order valence-corrected chi connectivity index (χ3v) is 4.80. The fourth-order valence-corrected chi connectivity index (χ4v) is 3.57. The second-order valence-electron chi connectivity index (χ2n) is 6.00. The minimum atomic E-state index is -0.590. The van der Waals surface area contributed by atoms with E-state index in [0.717, 1.165) is 51.0 Å². The molecule has 1 N–H and O–H groups in total. The summed E-state index contributed by atoms with van der Waals surface area (Å²) in [7, 11) is 0. The summed E-state index contributed by atoms with van der Waals surface area (Å²) in [5.41, 5.74) is -0.542. The van der Waals surface area contributed by atoms with E-state index in [-0.39, 0.29) is 6.10 Å². The molecule has 2 atom stereocenters. The second kappa shape index (κ2) is 6.04. The van der Waals surface area contributed by atoms with Crippen LogP contribution in [-0.4, -0.2) is 23.9 Å². The molecule has 2 fully saturated rings. The Morgan fingerprint density at radius 2 is 2.11 bits per heavy atom. The zero-order chi connectivity index (χ0) is 13.0. The first-order valence-electron chi connectivity index (χ1n) is 7.43. The minimum absolute atomic E-state index is 0.104. The smallest absolute Gasteiger partial charge is 0.0987 e. The molecule has 3 nitrogen and oxygen atoms in total. The molecule has 2 aliphatic rings. The molecule has 0 aromatic carbocycles. The van der Waals surface area contributed by atoms with Gasteiger partial charge in [0.1, 0.15) is 0 Å². The molecule has 1 aliphatic heterocycles. The monoisotopic (exact) mass is 251 g/mol. The van der Waals surface area contributed by atoms with Crippen LogP contribution >= 0.6 is 0 Å². The Kier molecular flexibility index (Phi) is 4.64. The van der Waals surface area contributed by atoms with Crippen LogP contribution in [0.2, 0.25) is 0 Å². The number of nitrogens with zero attached hydrogens (tertiary/aromatic N) is 1. The van der Waals surface area contributed by atoms with Crippen molar-refractivity contribution in [3.63, 3.8) is 0 Å². The Morgan fingerprint density at radius 3 is 2.61 bits per heavy atom. The highest BCUT2D eigenvalue weighted by Gasteiger charge is 2.45. The van der Waals surface area contributed by atoms with Gasteiger partial charge in [-0.2, -0.15) is 5.26 Å². The van der Waals surface area contributed by atoms with Crippen molar-refractivity contribution in [2.24, 2.45) is 11.3 Å². The SMILES string of the molecule is CCCC1CCC(C#N)(C(O)C2CCCO2)CC1. The molecule has 0 aromatic heterocycles. The molecule has 1 saturated carbocycles. The number of hydrogen-bond donors (Lipinski definition) is 1. The van der Waals surface area contributed by atoms with E-state index in [1.165, 1.54) is 12.8 Å². The molecule has 3 heteroatoms. The molecule has 1 aliphatic carbocycles. The highest BCUT2D eigenvalue weighted by Crippen LogP contribution is 2.44. The van der Waals surface area contributed by atoms with E-state index in [2.05, 4.69) is 13.0 Å². The van der Waals surface area contributed by atoms with Crippen LogP contribution in [-0.2, 0) is 4.74 Å². The van der Waals surface area contributed by atoms with E-state index in [1.807, 2.05) is 0 Å². The van der Waals surface area contributed by atoms with Crippen LogP contribution in [0.4, 0.5) is 0 Å². The lowest BCUT2D eigenvalue weighted by Crippen LogP contribution is -2.44. The number of rotatable bonds is 4. The molecule has 0 amide bonds. The fourth-order valence-electron chi connectivity index (χ4n) is 3.57. The molecule has 0 bridgehead atoms. The largest absolute Gasteiger partial charge is 0.389 e. The maximum atomic E-state index is 10.5. The normalized spacial score (nSPS) is 38.3. The molecular weight excluding hydrogens is 226 g/mol. The van der Waals surface area contributed by atoms with E-state index in [9.17, 15) is 10.4 Å². The zero-order valence-electron chi connectivity index (χ0n) is 11.4. The van der Waals surface area contributed by atoms with Gasteiger partial charge in [0, 0.05) is 6.61 Å². The quantitative estimate of drug-likeness (QED) is 0.835. The first-order chi connectivity index (χ1) is 8.72. The van der Waals surface area contributed by atoms with Crippen LogP contribution in [0, 0.1) is 22.7 Å². The summed E-state index contributed by atoms with van der Waals surface area (Å²) < 4.78 is 5.57. The highest BCUT2D eigenvalue weighted by molar-refractivity contribution is 5.08. The van der Waals surface area contributed by atoms with Crippen molar-refractivity contribution in [3.8, 4) is 6.07 Å². The number of hydrogen-bond acceptors (Lipinski definition) is 3. The standard InChI is InChI=1S/C15H25NO2/c1-2-4-12-6-8-15(11-16,9-7-12)14(17)13-5-3-10-18-13/h12-14,17H,2-10H2,1H3. The lowest BCUT2D eigenvalue weighted by atomic mass is 9.66. The molecule has 18 heavy (non-hydrogen) atoms. The van der Waals surface area contributed by atoms with E-state index in [1.54, 1.807) is 0 Å². The van der Waals surface area contributed by atoms with Gasteiger partial charge in [-0.05, 0) is 44.4 Å². The van der Waals surface area contributed by atoms with Gasteiger partial charge in [0.2, 0.25) is 0 Å². The lowest BCUT2D eigenvalue weighted by molar-refractivity contribution is -0.0700. The van der Waals surface area contributed by atoms with Gasteiger partial charge in [0.25, 0.3) is 0 Å². The third kappa shape index (κ3) is 2.70. The van der Waals surface area contributed by atoms with Crippen LogP contribution in [0.25, 0.3) is 0 Å². The first kappa shape index (κ1) is 13.8. The first-order valence-corrected chi connectivity index (χ1v) is 7.43. The topological polar surface area (TPSA) is 53.2 Å². The molecule has 1 heterocycles. The fraction of sp³-hybridized carbons (Fsp3) is 0.933. The summed E-state index contributed by atoms with van der Waals surface area (Å²) in [4.78, 5) is 0. The van der Waals surface area contributed by atoms with Crippen molar-refractivity contribution < 1.29 is 9.84 Å². The van der Waals surface area contributed by atoms with Gasteiger partial charge in [-0.3, -0.25) is 0 Å². The molecular formula is C15H25NO2. The molecule has 2 unspecified atom stereocenters. The van der Waals surface area contributed by atoms with Crippen molar-refractivity contribution in [3.05, 3.63) is 0 Å². The van der Waals surface area contributed by atoms with Crippen LogP contribution in [0.3, 0.4) is 0 Å². The number of aliphatic hydroxyl groups excluding tert-OH is 1. The van der Waals surface area contributed by atoms with Gasteiger partial charge in [0.15, 0.2) is 0 Å². The predicted molar refractivity (Wildman–Crippen MR) is 69.9 cm³/mol. The van der Waals surface area contributed by atoms with Crippen molar-refractivity contribution in [1.29, 1.82) is 5.26 Å². The highest BCUT2D eigenvalue weighted by atomic mass is 16.5. The van der Waals surface area contributed by atoms with Crippen LogP contribution in [0.1, 0.15) is 58.3 Å². The van der Waals surface area contributed by atoms with Gasteiger partial charge in [-0.1, -0.05) is 19.8 Å². The summed E-state index contributed by atoms with van der Waals surface area (Å²) in [6, 6.07) is 2.43. The summed E-state index contributed by atoms with van der Waals surface area (Å²) in [6.07, 6.45) is 7.57. The predicted octanol–water partition coefficient (Wildman–Crippen LogP) is 3.03. The Bertz CT molecular complexity index is 296. The number of aliphatic hydroxyl groups is 1. The maximum Gasteiger partial charge on any atom is 0.0987 e. The Morgan fingerprint density at radius 1 is 1.39 bits per heavy atom. The summed E-state index contributed by atoms with van der Waals surface area (Å²) in [5, 5.41) is 20.0. The van der Waals surface area contributed by atoms with E-state index in [0.29, 0.717) is 0 Å². The average Bonchev–Trinajstić information content (AvgIpc) is 2.93. The maximum absolute atomic E-state index is 10.5. The summed E-state index contributed by atoms with van der Waals surface area (Å²) in [5.74, 6) is 0.758. The van der Waals surface area contributed by atoms with Gasteiger partial charge >= 0.3 is 0 Å². The second-order valence-corrected chi connectivity index (χ2v) is 6.00. The van der Waals surface area contributed by atoms with Crippen molar-refractivity contribution in [1.82, 2.24) is 0 Å². The molecule has 0 radical (unpaired) electrons. The molecule has 0 aromatic rings. The van der Waals surface area contributed by atoms with Crippen molar-refractivity contribution >= 4 is 0 Å². The van der Waals surface area contributed by atoms with Crippen LogP contribution in [0.15, 0.2) is 0 Å². The molecule has 0 spiro atoms. The van der Waals surface area contributed by atoms with Gasteiger partial charge in [0.05, 0.1) is 23.7 Å². The summed E-state index contributed by atoms with van der Waals surface area (Å²) >= 11 is 0. The Hall–Kier alpha value is -0.590. The van der Waals surface area contributed by atoms with E-state index in [4.69, 9.17) is 4.74 Å². The van der Waals surface area contributed by atoms with E-state index >= 15 is 0 Å². The van der Waals surface area contributed by atoms with Crippen LogP contribution in [0.5, 0.6) is 0 Å². The zero-order valence-corrected chi connectivity index (χ0v) is 11.4. The molecule has 2 rings (SSSR count). The van der Waals surface area contributed by atoms with Crippen LogP contribution < -0.4 is 0 Å². The van der Waals surface area contributed by atoms with Gasteiger partial charge in [-0.25, -0.2) is 0 Å². The third-order valence-electron chi connectivity index (χ3n) is 4.80. The van der Waals surface area contributed by atoms with Crippen molar-refractivity contribution in [2.75, 3.05) is 6.61 Å². The summed E-state index contributed by atoms with van der Waals surface area (Å²) in [6.45, 7) is 2.95. The minimum Gasteiger partial charge on any atom is -0.389 e. The number of ether oxygens (including phenoxy) is 1. The van der Waals surface area contributed by atoms with Crippen molar-refractivity contribution in [2.45, 2.75) is 70.5 Å². The molecule has 102 valence electrons.